The number of halogens is 2. The van der Waals surface area contributed by atoms with E-state index in [1.807, 2.05) is 55.5 Å². The van der Waals surface area contributed by atoms with Gasteiger partial charge in [0.05, 0.1) is 10.6 Å². The highest BCUT2D eigenvalue weighted by Gasteiger charge is 2.36. The van der Waals surface area contributed by atoms with Crippen molar-refractivity contribution in [2.45, 2.75) is 50.1 Å². The predicted octanol–water partition coefficient (Wildman–Crippen LogP) is 6.60. The summed E-state index contributed by atoms with van der Waals surface area (Å²) in [6, 6.07) is 24.6. The molecule has 4 aromatic rings. The van der Waals surface area contributed by atoms with E-state index in [2.05, 4.69) is 5.32 Å². The van der Waals surface area contributed by atoms with Gasteiger partial charge in [-0.25, -0.2) is 8.42 Å². The Balaban J connectivity index is 1.41. The van der Waals surface area contributed by atoms with E-state index in [0.717, 1.165) is 17.4 Å². The summed E-state index contributed by atoms with van der Waals surface area (Å²) in [5.74, 6) is -0.528. The van der Waals surface area contributed by atoms with Gasteiger partial charge in [-0.3, -0.25) is 13.9 Å². The predicted molar refractivity (Wildman–Crippen MR) is 172 cm³/mol. The molecule has 0 unspecified atom stereocenters. The molecule has 1 aliphatic heterocycles. The Morgan fingerprint density at radius 3 is 2.42 bits per heavy atom. The maximum Gasteiger partial charge on any atom is 0.265 e. The van der Waals surface area contributed by atoms with Crippen molar-refractivity contribution in [1.82, 2.24) is 10.2 Å². The molecule has 0 saturated heterocycles. The Morgan fingerprint density at radius 2 is 1.70 bits per heavy atom. The number of carbonyl (C=O) groups is 2. The number of hydrogen-bond acceptors (Lipinski definition) is 4. The molecule has 0 fully saturated rings. The van der Waals surface area contributed by atoms with Crippen LogP contribution >= 0.6 is 23.2 Å². The van der Waals surface area contributed by atoms with Crippen LogP contribution in [0.15, 0.2) is 89.8 Å². The van der Waals surface area contributed by atoms with Gasteiger partial charge in [-0.15, -0.1) is 0 Å². The van der Waals surface area contributed by atoms with Gasteiger partial charge in [-0.2, -0.15) is 0 Å². The largest absolute Gasteiger partial charge is 0.354 e. The zero-order valence-electron chi connectivity index (χ0n) is 23.8. The Kier molecular flexibility index (Phi) is 9.59. The first kappa shape index (κ1) is 30.9. The van der Waals surface area contributed by atoms with E-state index in [9.17, 15) is 18.0 Å². The zero-order valence-corrected chi connectivity index (χ0v) is 26.1. The molecule has 0 aliphatic carbocycles. The molecule has 1 atom stereocenters. The highest BCUT2D eigenvalue weighted by molar-refractivity contribution is 7.93. The highest BCUT2D eigenvalue weighted by Crippen LogP contribution is 2.42. The summed E-state index contributed by atoms with van der Waals surface area (Å²) in [5.41, 5.74) is 2.18. The van der Waals surface area contributed by atoms with Gasteiger partial charge in [-0.1, -0.05) is 90.8 Å². The van der Waals surface area contributed by atoms with Crippen molar-refractivity contribution < 1.29 is 18.0 Å². The Labute approximate surface area is 262 Å². The van der Waals surface area contributed by atoms with Crippen LogP contribution in [0.4, 0.5) is 5.69 Å². The van der Waals surface area contributed by atoms with Crippen molar-refractivity contribution in [2.75, 3.05) is 17.4 Å². The molecule has 4 aromatic carbocycles. The summed E-state index contributed by atoms with van der Waals surface area (Å²) < 4.78 is 28.3. The summed E-state index contributed by atoms with van der Waals surface area (Å²) in [7, 11) is -3.74. The molecular formula is C33H33Cl2N3O4S. The van der Waals surface area contributed by atoms with Gasteiger partial charge in [0, 0.05) is 47.9 Å². The number of benzene rings is 4. The lowest BCUT2D eigenvalue weighted by Gasteiger charge is -2.32. The molecule has 43 heavy (non-hydrogen) atoms. The molecule has 224 valence electrons. The Morgan fingerprint density at radius 1 is 0.953 bits per heavy atom. The van der Waals surface area contributed by atoms with Gasteiger partial charge < -0.3 is 10.2 Å². The summed E-state index contributed by atoms with van der Waals surface area (Å²) in [4.78, 5) is 29.4. The quantitative estimate of drug-likeness (QED) is 0.190. The van der Waals surface area contributed by atoms with E-state index < -0.39 is 16.1 Å². The van der Waals surface area contributed by atoms with Crippen LogP contribution in [0.1, 0.15) is 37.3 Å². The molecule has 0 spiro atoms. The Hall–Kier alpha value is -3.59. The fraction of sp³-hybridized carbons (Fsp3) is 0.273. The normalized spacial score (nSPS) is 14.1. The lowest BCUT2D eigenvalue weighted by Crippen LogP contribution is -2.50. The van der Waals surface area contributed by atoms with Gasteiger partial charge in [0.2, 0.25) is 11.8 Å². The number of anilines is 1. The average molecular weight is 639 g/mol. The molecular weight excluding hydrogens is 605 g/mol. The number of amides is 2. The maximum absolute atomic E-state index is 14.0. The van der Waals surface area contributed by atoms with Gasteiger partial charge in [-0.05, 0) is 53.6 Å². The third-order valence-corrected chi connectivity index (χ3v) is 10.1. The van der Waals surface area contributed by atoms with Crippen LogP contribution in [0.25, 0.3) is 10.8 Å². The number of rotatable bonds is 12. The van der Waals surface area contributed by atoms with E-state index in [0.29, 0.717) is 39.6 Å². The topological polar surface area (TPSA) is 86.8 Å². The minimum absolute atomic E-state index is 0.0376. The second-order valence-corrected chi connectivity index (χ2v) is 13.2. The second-order valence-electron chi connectivity index (χ2n) is 10.6. The number of sulfonamides is 1. The molecule has 0 aromatic heterocycles. The van der Waals surface area contributed by atoms with Crippen LogP contribution in [0.5, 0.6) is 0 Å². The fourth-order valence-corrected chi connectivity index (χ4v) is 7.69. The van der Waals surface area contributed by atoms with E-state index in [1.54, 1.807) is 41.3 Å². The third-order valence-electron chi connectivity index (χ3n) is 7.61. The monoisotopic (exact) mass is 637 g/mol. The molecule has 5 rings (SSSR count). The zero-order chi connectivity index (χ0) is 30.6. The molecule has 2 amide bonds. The molecule has 1 N–H and O–H groups in total. The van der Waals surface area contributed by atoms with Gasteiger partial charge in [0.1, 0.15) is 6.04 Å². The first-order valence-corrected chi connectivity index (χ1v) is 16.5. The van der Waals surface area contributed by atoms with Crippen LogP contribution < -0.4 is 9.62 Å². The van der Waals surface area contributed by atoms with Crippen LogP contribution in [0, 0.1) is 0 Å². The van der Waals surface area contributed by atoms with Crippen molar-refractivity contribution in [2.24, 2.45) is 0 Å². The number of nitrogens with one attached hydrogen (secondary N) is 1. The van der Waals surface area contributed by atoms with Crippen molar-refractivity contribution in [3.8, 4) is 0 Å². The molecule has 0 saturated carbocycles. The minimum Gasteiger partial charge on any atom is -0.354 e. The molecule has 10 heteroatoms. The summed E-state index contributed by atoms with van der Waals surface area (Å²) in [6.45, 7) is 2.67. The third kappa shape index (κ3) is 6.66. The molecule has 1 aliphatic rings. The standard InChI is InChI=1S/C33H33Cl2N3O4S/c1-2-18-36-33(40)29(20-23-9-4-3-5-10-23)37(22-25-16-17-26(34)21-27(25)35)31(39)15-8-19-38-28-13-6-11-24-12-7-14-30(32(24)28)43(38,41)42/h3-7,9-14,16-17,21,29H,2,8,15,18-20,22H2,1H3,(H,36,40)/t29-/m0/s1. The SMILES string of the molecule is CCCNC(=O)[C@H](Cc1ccccc1)N(Cc1ccc(Cl)cc1Cl)C(=O)CCCN1c2cccc3cccc(c23)S1(=O)=O. The lowest BCUT2D eigenvalue weighted by atomic mass is 10.0. The number of carbonyl (C=O) groups excluding carboxylic acids is 2. The van der Waals surface area contributed by atoms with Crippen LogP contribution in [-0.2, 0) is 32.6 Å². The van der Waals surface area contributed by atoms with Gasteiger partial charge >= 0.3 is 0 Å². The van der Waals surface area contributed by atoms with Crippen molar-refractivity contribution in [3.63, 3.8) is 0 Å². The van der Waals surface area contributed by atoms with Crippen LogP contribution in [0.2, 0.25) is 10.0 Å². The van der Waals surface area contributed by atoms with E-state index in [4.69, 9.17) is 23.2 Å². The number of nitrogens with zero attached hydrogens (tertiary/aromatic N) is 2. The summed E-state index contributed by atoms with van der Waals surface area (Å²) in [6.07, 6.45) is 1.36. The van der Waals surface area contributed by atoms with Crippen molar-refractivity contribution in [1.29, 1.82) is 0 Å². The van der Waals surface area contributed by atoms with E-state index >= 15 is 0 Å². The summed E-state index contributed by atoms with van der Waals surface area (Å²) >= 11 is 12.6. The highest BCUT2D eigenvalue weighted by atomic mass is 35.5. The Bertz CT molecular complexity index is 1740. The van der Waals surface area contributed by atoms with Crippen LogP contribution in [0.3, 0.4) is 0 Å². The first-order chi connectivity index (χ1) is 20.7. The molecule has 0 radical (unpaired) electrons. The van der Waals surface area contributed by atoms with Crippen LogP contribution in [-0.4, -0.2) is 44.3 Å². The fourth-order valence-electron chi connectivity index (χ4n) is 5.47. The smallest absolute Gasteiger partial charge is 0.265 e. The van der Waals surface area contributed by atoms with Crippen molar-refractivity contribution >= 4 is 61.5 Å². The van der Waals surface area contributed by atoms with E-state index in [-0.39, 0.29) is 42.6 Å². The minimum atomic E-state index is -3.74. The maximum atomic E-state index is 14.0. The average Bonchev–Trinajstić information content (AvgIpc) is 3.22. The lowest BCUT2D eigenvalue weighted by molar-refractivity contribution is -0.141. The molecule has 0 bridgehead atoms. The van der Waals surface area contributed by atoms with Gasteiger partial charge in [0.15, 0.2) is 0 Å². The number of hydrogen-bond donors (Lipinski definition) is 1. The first-order valence-electron chi connectivity index (χ1n) is 14.3. The van der Waals surface area contributed by atoms with Gasteiger partial charge in [0.25, 0.3) is 10.0 Å². The van der Waals surface area contributed by atoms with E-state index in [1.165, 1.54) is 4.31 Å². The summed E-state index contributed by atoms with van der Waals surface area (Å²) in [5, 5.41) is 5.37. The van der Waals surface area contributed by atoms with Crippen molar-refractivity contribution in [3.05, 3.63) is 106 Å². The molecule has 1 heterocycles. The molecule has 7 nitrogen and oxygen atoms in total. The second kappa shape index (κ2) is 13.4.